The van der Waals surface area contributed by atoms with Gasteiger partial charge in [0, 0.05) is 12.1 Å². The van der Waals surface area contributed by atoms with Gasteiger partial charge < -0.3 is 10.6 Å². The highest BCUT2D eigenvalue weighted by Crippen LogP contribution is 2.20. The summed E-state index contributed by atoms with van der Waals surface area (Å²) in [5, 5.41) is 9.81. The molecule has 0 radical (unpaired) electrons. The van der Waals surface area contributed by atoms with Crippen LogP contribution in [0, 0.1) is 0 Å². The first-order chi connectivity index (χ1) is 15.7. The van der Waals surface area contributed by atoms with Crippen LogP contribution in [0.4, 0.5) is 0 Å². The van der Waals surface area contributed by atoms with E-state index in [0.29, 0.717) is 12.4 Å². The Morgan fingerprint density at radius 3 is 2.09 bits per heavy atom. The summed E-state index contributed by atoms with van der Waals surface area (Å²) in [6, 6.07) is 28.9. The fourth-order valence-corrected chi connectivity index (χ4v) is 3.22. The first-order valence-corrected chi connectivity index (χ1v) is 10.4. The Bertz CT molecular complexity index is 1120. The van der Waals surface area contributed by atoms with Crippen LogP contribution in [0.3, 0.4) is 0 Å². The Morgan fingerprint density at radius 1 is 0.781 bits per heavy atom. The van der Waals surface area contributed by atoms with Crippen LogP contribution in [0.15, 0.2) is 91.0 Å². The zero-order valence-corrected chi connectivity index (χ0v) is 17.4. The number of amides is 2. The van der Waals surface area contributed by atoms with Crippen LogP contribution in [-0.4, -0.2) is 39.7 Å². The molecule has 32 heavy (non-hydrogen) atoms. The second-order valence-electron chi connectivity index (χ2n) is 7.14. The van der Waals surface area contributed by atoms with E-state index in [1.54, 1.807) is 4.68 Å². The molecule has 7 nitrogen and oxygen atoms in total. The van der Waals surface area contributed by atoms with E-state index in [-0.39, 0.29) is 18.3 Å². The molecule has 160 valence electrons. The van der Waals surface area contributed by atoms with Crippen LogP contribution < -0.4 is 10.6 Å². The summed E-state index contributed by atoms with van der Waals surface area (Å²) in [6.07, 6.45) is 0.726. The minimum Gasteiger partial charge on any atom is -0.354 e. The number of rotatable bonds is 8. The summed E-state index contributed by atoms with van der Waals surface area (Å²) < 4.78 is 1.63. The first kappa shape index (κ1) is 21.0. The SMILES string of the molecule is O=C(CNC(=O)c1nc(-c2ccccc2)n(-c2ccccc2)n1)NCCc1ccccc1. The molecule has 0 aliphatic rings. The summed E-state index contributed by atoms with van der Waals surface area (Å²) in [6.45, 7) is 0.353. The number of nitrogens with one attached hydrogen (secondary N) is 2. The van der Waals surface area contributed by atoms with E-state index in [4.69, 9.17) is 0 Å². The molecule has 1 heterocycles. The number of carbonyl (C=O) groups is 2. The molecule has 0 atom stereocenters. The van der Waals surface area contributed by atoms with Gasteiger partial charge in [-0.05, 0) is 24.1 Å². The average Bonchev–Trinajstić information content (AvgIpc) is 3.30. The van der Waals surface area contributed by atoms with Crippen molar-refractivity contribution in [2.45, 2.75) is 6.42 Å². The lowest BCUT2D eigenvalue weighted by Crippen LogP contribution is -2.38. The van der Waals surface area contributed by atoms with Gasteiger partial charge in [0.05, 0.1) is 12.2 Å². The molecule has 7 heteroatoms. The topological polar surface area (TPSA) is 88.9 Å². The van der Waals surface area contributed by atoms with Crippen LogP contribution in [-0.2, 0) is 11.2 Å². The highest BCUT2D eigenvalue weighted by Gasteiger charge is 2.19. The van der Waals surface area contributed by atoms with E-state index in [9.17, 15) is 9.59 Å². The minimum atomic E-state index is -0.505. The Morgan fingerprint density at radius 2 is 1.41 bits per heavy atom. The summed E-state index contributed by atoms with van der Waals surface area (Å²) in [4.78, 5) is 29.2. The number of aromatic nitrogens is 3. The summed E-state index contributed by atoms with van der Waals surface area (Å²) in [5.41, 5.74) is 2.76. The van der Waals surface area contributed by atoms with E-state index in [1.807, 2.05) is 91.0 Å². The molecule has 4 aromatic rings. The lowest BCUT2D eigenvalue weighted by atomic mass is 10.1. The van der Waals surface area contributed by atoms with Gasteiger partial charge in [0.2, 0.25) is 11.7 Å². The van der Waals surface area contributed by atoms with Gasteiger partial charge in [-0.1, -0.05) is 78.9 Å². The van der Waals surface area contributed by atoms with Gasteiger partial charge in [0.1, 0.15) is 0 Å². The predicted octanol–water partition coefficient (Wildman–Crippen LogP) is 3.02. The molecule has 0 aliphatic carbocycles. The molecular weight excluding hydrogens is 402 g/mol. The van der Waals surface area contributed by atoms with Gasteiger partial charge in [-0.3, -0.25) is 9.59 Å². The van der Waals surface area contributed by atoms with Crippen LogP contribution in [0.5, 0.6) is 0 Å². The van der Waals surface area contributed by atoms with Gasteiger partial charge in [-0.25, -0.2) is 9.67 Å². The lowest BCUT2D eigenvalue weighted by molar-refractivity contribution is -0.120. The zero-order valence-electron chi connectivity index (χ0n) is 17.4. The zero-order chi connectivity index (χ0) is 22.2. The largest absolute Gasteiger partial charge is 0.354 e. The normalized spacial score (nSPS) is 10.5. The van der Waals surface area contributed by atoms with Crippen molar-refractivity contribution >= 4 is 11.8 Å². The van der Waals surface area contributed by atoms with E-state index >= 15 is 0 Å². The molecule has 3 aromatic carbocycles. The van der Waals surface area contributed by atoms with Crippen molar-refractivity contribution < 1.29 is 9.59 Å². The Balaban J connectivity index is 1.41. The highest BCUT2D eigenvalue weighted by atomic mass is 16.2. The smallest absolute Gasteiger partial charge is 0.291 e. The van der Waals surface area contributed by atoms with Crippen LogP contribution >= 0.6 is 0 Å². The maximum Gasteiger partial charge on any atom is 0.291 e. The predicted molar refractivity (Wildman–Crippen MR) is 122 cm³/mol. The second kappa shape index (κ2) is 10.2. The molecule has 2 N–H and O–H groups in total. The number of nitrogens with zero attached hydrogens (tertiary/aromatic N) is 3. The van der Waals surface area contributed by atoms with Crippen molar-refractivity contribution in [2.24, 2.45) is 0 Å². The molecule has 0 bridgehead atoms. The maximum absolute atomic E-state index is 12.6. The highest BCUT2D eigenvalue weighted by molar-refractivity contribution is 5.93. The summed E-state index contributed by atoms with van der Waals surface area (Å²) >= 11 is 0. The Kier molecular flexibility index (Phi) is 6.67. The minimum absolute atomic E-state index is 0.00444. The Labute approximate surface area is 186 Å². The monoisotopic (exact) mass is 425 g/mol. The van der Waals surface area contributed by atoms with E-state index in [0.717, 1.165) is 23.2 Å². The molecule has 2 amide bonds. The Hall–Kier alpha value is -4.26. The second-order valence-corrected chi connectivity index (χ2v) is 7.14. The van der Waals surface area contributed by atoms with Gasteiger partial charge >= 0.3 is 0 Å². The standard InChI is InChI=1S/C25H23N5O2/c31-22(26-17-16-19-10-4-1-5-11-19)18-27-25(32)23-28-24(20-12-6-2-7-13-20)30(29-23)21-14-8-3-9-15-21/h1-15H,16-18H2,(H,26,31)(H,27,32). The molecular formula is C25H23N5O2. The van der Waals surface area contributed by atoms with Crippen LogP contribution in [0.2, 0.25) is 0 Å². The molecule has 0 saturated heterocycles. The van der Waals surface area contributed by atoms with Gasteiger partial charge in [0.25, 0.3) is 5.91 Å². The van der Waals surface area contributed by atoms with E-state index < -0.39 is 5.91 Å². The number of para-hydroxylation sites is 1. The third kappa shape index (κ3) is 5.26. The van der Waals surface area contributed by atoms with Crippen molar-refractivity contribution in [2.75, 3.05) is 13.1 Å². The molecule has 4 rings (SSSR count). The quantitative estimate of drug-likeness (QED) is 0.454. The number of hydrogen-bond acceptors (Lipinski definition) is 4. The van der Waals surface area contributed by atoms with Crippen LogP contribution in [0.25, 0.3) is 17.1 Å². The van der Waals surface area contributed by atoms with Crippen molar-refractivity contribution in [1.82, 2.24) is 25.4 Å². The maximum atomic E-state index is 12.6. The molecule has 0 spiro atoms. The summed E-state index contributed by atoms with van der Waals surface area (Å²) in [5.74, 6) is -0.214. The fourth-order valence-electron chi connectivity index (χ4n) is 3.22. The van der Waals surface area contributed by atoms with E-state index in [2.05, 4.69) is 20.7 Å². The van der Waals surface area contributed by atoms with Crippen LogP contribution in [0.1, 0.15) is 16.2 Å². The van der Waals surface area contributed by atoms with Gasteiger partial charge in [-0.15, -0.1) is 5.10 Å². The third-order valence-corrected chi connectivity index (χ3v) is 4.83. The summed E-state index contributed by atoms with van der Waals surface area (Å²) in [7, 11) is 0. The first-order valence-electron chi connectivity index (χ1n) is 10.4. The lowest BCUT2D eigenvalue weighted by Gasteiger charge is -2.06. The fraction of sp³-hybridized carbons (Fsp3) is 0.120. The van der Waals surface area contributed by atoms with Crippen molar-refractivity contribution in [3.63, 3.8) is 0 Å². The number of carbonyl (C=O) groups excluding carboxylic acids is 2. The molecule has 0 saturated carbocycles. The molecule has 0 unspecified atom stereocenters. The molecule has 0 fully saturated rings. The molecule has 1 aromatic heterocycles. The average molecular weight is 425 g/mol. The number of benzene rings is 3. The third-order valence-electron chi connectivity index (χ3n) is 4.83. The van der Waals surface area contributed by atoms with Gasteiger partial charge in [-0.2, -0.15) is 0 Å². The van der Waals surface area contributed by atoms with Gasteiger partial charge in [0.15, 0.2) is 5.82 Å². The van der Waals surface area contributed by atoms with Crippen molar-refractivity contribution in [3.8, 4) is 17.1 Å². The van der Waals surface area contributed by atoms with Crippen molar-refractivity contribution in [3.05, 3.63) is 102 Å². The van der Waals surface area contributed by atoms with E-state index in [1.165, 1.54) is 0 Å². The molecule has 0 aliphatic heterocycles. The number of hydrogen-bond donors (Lipinski definition) is 2. The van der Waals surface area contributed by atoms with Crippen molar-refractivity contribution in [1.29, 1.82) is 0 Å².